The van der Waals surface area contributed by atoms with Crippen molar-refractivity contribution in [3.05, 3.63) is 64.2 Å². The van der Waals surface area contributed by atoms with Gasteiger partial charge in [-0.25, -0.2) is 0 Å². The summed E-state index contributed by atoms with van der Waals surface area (Å²) in [6, 6.07) is 13.2. The maximum atomic E-state index is 12.2. The van der Waals surface area contributed by atoms with Crippen LogP contribution < -0.4 is 4.74 Å². The van der Waals surface area contributed by atoms with Gasteiger partial charge in [0, 0.05) is 36.2 Å². The van der Waals surface area contributed by atoms with Crippen molar-refractivity contribution < 1.29 is 24.0 Å². The van der Waals surface area contributed by atoms with Crippen LogP contribution in [0, 0.1) is 10.1 Å². The van der Waals surface area contributed by atoms with Gasteiger partial charge in [-0.3, -0.25) is 19.7 Å². The van der Waals surface area contributed by atoms with E-state index in [9.17, 15) is 19.7 Å². The molecular formula is C19H20N2O6S. The summed E-state index contributed by atoms with van der Waals surface area (Å²) >= 11 is 1.18. The summed E-state index contributed by atoms with van der Waals surface area (Å²) in [7, 11) is 3.18. The molecule has 1 amide bonds. The third-order valence-electron chi connectivity index (χ3n) is 3.79. The number of nitro benzene ring substituents is 1. The van der Waals surface area contributed by atoms with E-state index in [1.165, 1.54) is 28.8 Å². The Kier molecular flexibility index (Phi) is 7.82. The molecular weight excluding hydrogens is 384 g/mol. The number of amides is 1. The fourth-order valence-corrected chi connectivity index (χ4v) is 2.97. The average Bonchev–Trinajstić information content (AvgIpc) is 2.71. The maximum Gasteiger partial charge on any atom is 0.316 e. The molecule has 0 aliphatic rings. The van der Waals surface area contributed by atoms with Crippen LogP contribution in [0.2, 0.25) is 0 Å². The lowest BCUT2D eigenvalue weighted by molar-refractivity contribution is -0.384. The molecule has 2 rings (SSSR count). The van der Waals surface area contributed by atoms with Crippen LogP contribution in [0.1, 0.15) is 5.56 Å². The molecule has 0 atom stereocenters. The maximum absolute atomic E-state index is 12.2. The van der Waals surface area contributed by atoms with E-state index in [-0.39, 0.29) is 24.0 Å². The van der Waals surface area contributed by atoms with Gasteiger partial charge in [0.2, 0.25) is 0 Å². The minimum Gasteiger partial charge on any atom is -0.496 e. The standard InChI is InChI=1S/C19H20N2O6S/c1-20(11-14-5-3-4-6-17(14)26-2)18(22)12-27-19(23)13-28-16-9-7-15(8-10-16)21(24)25/h3-10H,11-13H2,1-2H3. The molecule has 2 aromatic carbocycles. The number of nitrogens with zero attached hydrogens (tertiary/aromatic N) is 2. The molecule has 0 aromatic heterocycles. The van der Waals surface area contributed by atoms with Gasteiger partial charge < -0.3 is 14.4 Å². The Bertz CT molecular complexity index is 841. The quantitative estimate of drug-likeness (QED) is 0.274. The smallest absolute Gasteiger partial charge is 0.316 e. The molecule has 9 heteroatoms. The van der Waals surface area contributed by atoms with E-state index in [1.807, 2.05) is 24.3 Å². The van der Waals surface area contributed by atoms with Crippen LogP contribution in [0.15, 0.2) is 53.4 Å². The Hall–Kier alpha value is -3.07. The van der Waals surface area contributed by atoms with Crippen LogP contribution in [0.3, 0.4) is 0 Å². The van der Waals surface area contributed by atoms with E-state index >= 15 is 0 Å². The molecule has 0 unspecified atom stereocenters. The van der Waals surface area contributed by atoms with E-state index in [1.54, 1.807) is 26.3 Å². The number of carbonyl (C=O) groups excluding carboxylic acids is 2. The van der Waals surface area contributed by atoms with Crippen LogP contribution in [0.25, 0.3) is 0 Å². The number of thioether (sulfide) groups is 1. The number of esters is 1. The van der Waals surface area contributed by atoms with Crippen LogP contribution in [0.4, 0.5) is 5.69 Å². The van der Waals surface area contributed by atoms with E-state index in [2.05, 4.69) is 0 Å². The van der Waals surface area contributed by atoms with E-state index < -0.39 is 10.9 Å². The number of carbonyl (C=O) groups is 2. The van der Waals surface area contributed by atoms with Gasteiger partial charge in [0.15, 0.2) is 6.61 Å². The molecule has 148 valence electrons. The van der Waals surface area contributed by atoms with Gasteiger partial charge in [0.05, 0.1) is 17.8 Å². The number of hydrogen-bond donors (Lipinski definition) is 0. The Balaban J connectivity index is 1.76. The van der Waals surface area contributed by atoms with Crippen molar-refractivity contribution in [3.63, 3.8) is 0 Å². The van der Waals surface area contributed by atoms with E-state index in [0.29, 0.717) is 17.2 Å². The highest BCUT2D eigenvalue weighted by molar-refractivity contribution is 8.00. The first-order valence-corrected chi connectivity index (χ1v) is 9.28. The molecule has 0 radical (unpaired) electrons. The first-order valence-electron chi connectivity index (χ1n) is 8.29. The minimum atomic E-state index is -0.539. The van der Waals surface area contributed by atoms with Crippen molar-refractivity contribution in [2.75, 3.05) is 26.5 Å². The van der Waals surface area contributed by atoms with Gasteiger partial charge >= 0.3 is 5.97 Å². The molecule has 0 saturated carbocycles. The van der Waals surface area contributed by atoms with Gasteiger partial charge in [-0.15, -0.1) is 11.8 Å². The molecule has 0 aliphatic heterocycles. The number of rotatable bonds is 9. The molecule has 28 heavy (non-hydrogen) atoms. The second kappa shape index (κ2) is 10.3. The number of likely N-dealkylation sites (N-methyl/N-ethyl adjacent to an activating group) is 1. The summed E-state index contributed by atoms with van der Waals surface area (Å²) in [6.07, 6.45) is 0. The molecule has 0 saturated heterocycles. The minimum absolute atomic E-state index is 0.00130. The van der Waals surface area contributed by atoms with Crippen LogP contribution in [-0.4, -0.2) is 48.2 Å². The zero-order valence-electron chi connectivity index (χ0n) is 15.5. The fourth-order valence-electron chi connectivity index (χ4n) is 2.28. The Morgan fingerprint density at radius 2 is 1.82 bits per heavy atom. The molecule has 8 nitrogen and oxygen atoms in total. The molecule has 0 aliphatic carbocycles. The predicted molar refractivity (Wildman–Crippen MR) is 104 cm³/mol. The lowest BCUT2D eigenvalue weighted by Crippen LogP contribution is -2.31. The normalized spacial score (nSPS) is 10.2. The highest BCUT2D eigenvalue weighted by atomic mass is 32.2. The third-order valence-corrected chi connectivity index (χ3v) is 4.77. The van der Waals surface area contributed by atoms with Crippen molar-refractivity contribution in [3.8, 4) is 5.75 Å². The molecule has 0 bridgehead atoms. The number of nitro groups is 1. The Labute approximate surface area is 166 Å². The van der Waals surface area contributed by atoms with Crippen molar-refractivity contribution >= 4 is 29.3 Å². The second-order valence-corrected chi connectivity index (χ2v) is 6.81. The highest BCUT2D eigenvalue weighted by Crippen LogP contribution is 2.21. The summed E-state index contributed by atoms with van der Waals surface area (Å²) in [5.74, 6) is -0.193. The Morgan fingerprint density at radius 1 is 1.14 bits per heavy atom. The van der Waals surface area contributed by atoms with Gasteiger partial charge in [0.1, 0.15) is 5.75 Å². The molecule has 2 aromatic rings. The summed E-state index contributed by atoms with van der Waals surface area (Å²) < 4.78 is 10.3. The SMILES string of the molecule is COc1ccccc1CN(C)C(=O)COC(=O)CSc1ccc([N+](=O)[O-])cc1. The Morgan fingerprint density at radius 3 is 2.46 bits per heavy atom. The first-order chi connectivity index (χ1) is 13.4. The lowest BCUT2D eigenvalue weighted by Gasteiger charge is -2.18. The van der Waals surface area contributed by atoms with Crippen molar-refractivity contribution in [2.24, 2.45) is 0 Å². The van der Waals surface area contributed by atoms with Crippen LogP contribution in [0.5, 0.6) is 5.75 Å². The van der Waals surface area contributed by atoms with E-state index in [0.717, 1.165) is 5.56 Å². The summed E-state index contributed by atoms with van der Waals surface area (Å²) in [4.78, 5) is 36.3. The first kappa shape index (κ1) is 21.2. The van der Waals surface area contributed by atoms with Crippen molar-refractivity contribution in [1.82, 2.24) is 4.90 Å². The summed E-state index contributed by atoms with van der Waals surface area (Å²) in [5.41, 5.74) is 0.830. The fraction of sp³-hybridized carbons (Fsp3) is 0.263. The molecule has 0 fully saturated rings. The summed E-state index contributed by atoms with van der Waals surface area (Å²) in [6.45, 7) is -0.0246. The summed E-state index contributed by atoms with van der Waals surface area (Å²) in [5, 5.41) is 10.6. The average molecular weight is 404 g/mol. The number of hydrogen-bond acceptors (Lipinski definition) is 7. The molecule has 0 N–H and O–H groups in total. The third kappa shape index (κ3) is 6.27. The lowest BCUT2D eigenvalue weighted by atomic mass is 10.2. The molecule has 0 heterocycles. The predicted octanol–water partition coefficient (Wildman–Crippen LogP) is 2.90. The van der Waals surface area contributed by atoms with E-state index in [4.69, 9.17) is 9.47 Å². The second-order valence-electron chi connectivity index (χ2n) is 5.76. The number of non-ortho nitro benzene ring substituents is 1. The van der Waals surface area contributed by atoms with Crippen LogP contribution in [-0.2, 0) is 20.9 Å². The number of benzene rings is 2. The van der Waals surface area contributed by atoms with Gasteiger partial charge in [-0.05, 0) is 18.2 Å². The largest absolute Gasteiger partial charge is 0.496 e. The monoisotopic (exact) mass is 404 g/mol. The number of methoxy groups -OCH3 is 1. The van der Waals surface area contributed by atoms with Crippen molar-refractivity contribution in [2.45, 2.75) is 11.4 Å². The zero-order chi connectivity index (χ0) is 20.5. The van der Waals surface area contributed by atoms with Gasteiger partial charge in [-0.1, -0.05) is 18.2 Å². The van der Waals surface area contributed by atoms with Crippen LogP contribution >= 0.6 is 11.8 Å². The number of para-hydroxylation sites is 1. The van der Waals surface area contributed by atoms with Gasteiger partial charge in [-0.2, -0.15) is 0 Å². The topological polar surface area (TPSA) is 99.0 Å². The molecule has 0 spiro atoms. The van der Waals surface area contributed by atoms with Gasteiger partial charge in [0.25, 0.3) is 11.6 Å². The number of ether oxygens (including phenoxy) is 2. The highest BCUT2D eigenvalue weighted by Gasteiger charge is 2.14. The van der Waals surface area contributed by atoms with Crippen molar-refractivity contribution in [1.29, 1.82) is 0 Å². The zero-order valence-corrected chi connectivity index (χ0v) is 16.3.